The molecular formula is C20H16ClFN6S. The Morgan fingerprint density at radius 3 is 2.34 bits per heavy atom. The van der Waals surface area contributed by atoms with E-state index in [1.54, 1.807) is 12.1 Å². The second-order valence-corrected chi connectivity index (χ2v) is 6.96. The molecule has 0 aliphatic heterocycles. The highest BCUT2D eigenvalue weighted by Crippen LogP contribution is 2.36. The van der Waals surface area contributed by atoms with E-state index in [-0.39, 0.29) is 24.0 Å². The van der Waals surface area contributed by atoms with Crippen LogP contribution in [0.5, 0.6) is 0 Å². The molecule has 4 N–H and O–H groups in total. The maximum atomic E-state index is 14.8. The first-order valence-corrected chi connectivity index (χ1v) is 9.14. The molecule has 146 valence electrons. The molecule has 0 atom stereocenters. The summed E-state index contributed by atoms with van der Waals surface area (Å²) in [4.78, 5) is 17.2. The largest absolute Gasteiger partial charge is 0.384 e. The number of aromatic nitrogens is 4. The van der Waals surface area contributed by atoms with E-state index in [0.29, 0.717) is 22.1 Å². The lowest BCUT2D eigenvalue weighted by molar-refractivity contribution is 0.631. The molecule has 4 rings (SSSR count). The fraction of sp³-hybridized carbons (Fsp3) is 0. The maximum absolute atomic E-state index is 14.8. The summed E-state index contributed by atoms with van der Waals surface area (Å²) in [6.45, 7) is 0. The minimum atomic E-state index is -0.386. The molecule has 0 saturated carbocycles. The number of nitrogens with zero attached hydrogens (tertiary/aromatic N) is 4. The Hall–Kier alpha value is -3.23. The van der Waals surface area contributed by atoms with Crippen LogP contribution >= 0.6 is 24.2 Å². The molecule has 4 aromatic rings. The topological polar surface area (TPSA) is 104 Å². The SMILES string of the molecule is Cl.Nc1cnc(-c2ccc(-c3ccccc3Sc3cc(N)ncn3)cc2F)cn1. The van der Waals surface area contributed by atoms with Gasteiger partial charge in [-0.25, -0.2) is 19.3 Å². The van der Waals surface area contributed by atoms with Crippen LogP contribution in [0.3, 0.4) is 0 Å². The van der Waals surface area contributed by atoms with Gasteiger partial charge in [0.2, 0.25) is 0 Å². The van der Waals surface area contributed by atoms with Gasteiger partial charge in [-0.2, -0.15) is 0 Å². The van der Waals surface area contributed by atoms with Gasteiger partial charge in [-0.05, 0) is 29.3 Å². The van der Waals surface area contributed by atoms with Crippen molar-refractivity contribution < 1.29 is 4.39 Å². The van der Waals surface area contributed by atoms with Gasteiger partial charge in [0.25, 0.3) is 0 Å². The van der Waals surface area contributed by atoms with Gasteiger partial charge in [-0.1, -0.05) is 36.0 Å². The lowest BCUT2D eigenvalue weighted by Crippen LogP contribution is -1.95. The van der Waals surface area contributed by atoms with Gasteiger partial charge in [0.1, 0.15) is 28.8 Å². The van der Waals surface area contributed by atoms with Crippen molar-refractivity contribution in [2.24, 2.45) is 0 Å². The number of hydrogen-bond donors (Lipinski definition) is 2. The van der Waals surface area contributed by atoms with Crippen molar-refractivity contribution in [3.63, 3.8) is 0 Å². The Kier molecular flexibility index (Phi) is 6.26. The molecule has 0 fully saturated rings. The predicted octanol–water partition coefficient (Wildman–Crippen LogP) is 4.48. The van der Waals surface area contributed by atoms with Crippen molar-refractivity contribution in [3.05, 3.63) is 73.1 Å². The summed E-state index contributed by atoms with van der Waals surface area (Å²) in [6.07, 6.45) is 4.28. The van der Waals surface area contributed by atoms with Crippen LogP contribution in [0.25, 0.3) is 22.4 Å². The molecule has 0 saturated heterocycles. The molecule has 0 spiro atoms. The van der Waals surface area contributed by atoms with E-state index in [9.17, 15) is 4.39 Å². The molecule has 0 bridgehead atoms. The molecule has 2 aromatic carbocycles. The molecule has 2 aromatic heterocycles. The van der Waals surface area contributed by atoms with E-state index in [2.05, 4.69) is 19.9 Å². The Labute approximate surface area is 177 Å². The molecule has 6 nitrogen and oxygen atoms in total. The number of anilines is 2. The normalized spacial score (nSPS) is 10.4. The zero-order valence-electron chi connectivity index (χ0n) is 15.0. The molecule has 0 amide bonds. The molecule has 0 radical (unpaired) electrons. The monoisotopic (exact) mass is 426 g/mol. The highest BCUT2D eigenvalue weighted by atomic mass is 35.5. The van der Waals surface area contributed by atoms with E-state index in [1.165, 1.54) is 36.5 Å². The van der Waals surface area contributed by atoms with Gasteiger partial charge in [-0.3, -0.25) is 4.98 Å². The molecule has 0 unspecified atom stereocenters. The van der Waals surface area contributed by atoms with E-state index < -0.39 is 0 Å². The summed E-state index contributed by atoms with van der Waals surface area (Å²) in [5, 5.41) is 0.717. The first-order valence-electron chi connectivity index (χ1n) is 8.32. The van der Waals surface area contributed by atoms with Crippen molar-refractivity contribution >= 4 is 35.8 Å². The molecular weight excluding hydrogens is 411 g/mol. The van der Waals surface area contributed by atoms with Crippen LogP contribution in [0.15, 0.2) is 77.2 Å². The fourth-order valence-corrected chi connectivity index (χ4v) is 3.63. The standard InChI is InChI=1S/C20H15FN6S.ClH/c21-15-7-12(5-6-14(15)16-9-25-19(23)10-24-16)13-3-1-2-4-17(13)28-20-8-18(22)26-11-27-20;/h1-11H,(H2,23,25)(H2,22,26,27);1H. The summed E-state index contributed by atoms with van der Waals surface area (Å²) in [5.74, 6) is 0.301. The second-order valence-electron chi connectivity index (χ2n) is 5.90. The minimum Gasteiger partial charge on any atom is -0.384 e. The average molecular weight is 427 g/mol. The van der Waals surface area contributed by atoms with Gasteiger partial charge in [0.05, 0.1) is 18.1 Å². The van der Waals surface area contributed by atoms with Gasteiger partial charge >= 0.3 is 0 Å². The number of rotatable bonds is 4. The summed E-state index contributed by atoms with van der Waals surface area (Å²) in [7, 11) is 0. The summed E-state index contributed by atoms with van der Waals surface area (Å²) in [5.41, 5.74) is 13.7. The highest BCUT2D eigenvalue weighted by Gasteiger charge is 2.12. The van der Waals surface area contributed by atoms with Crippen LogP contribution in [0.4, 0.5) is 16.0 Å². The number of nitrogen functional groups attached to an aromatic ring is 2. The third kappa shape index (κ3) is 4.61. The smallest absolute Gasteiger partial charge is 0.141 e. The predicted molar refractivity (Wildman–Crippen MR) is 115 cm³/mol. The Balaban J connectivity index is 0.00000240. The Morgan fingerprint density at radius 1 is 0.793 bits per heavy atom. The van der Waals surface area contributed by atoms with Crippen LogP contribution in [0.2, 0.25) is 0 Å². The van der Waals surface area contributed by atoms with Crippen molar-refractivity contribution in [2.75, 3.05) is 11.5 Å². The number of halogens is 2. The second kappa shape index (κ2) is 8.85. The summed E-state index contributed by atoms with van der Waals surface area (Å²) < 4.78 is 14.8. The maximum Gasteiger partial charge on any atom is 0.141 e. The quantitative estimate of drug-likeness (QED) is 0.463. The van der Waals surface area contributed by atoms with Crippen molar-refractivity contribution in [2.45, 2.75) is 9.92 Å². The lowest BCUT2D eigenvalue weighted by atomic mass is 10.0. The van der Waals surface area contributed by atoms with Crippen LogP contribution in [-0.2, 0) is 0 Å². The van der Waals surface area contributed by atoms with Gasteiger partial charge in [0.15, 0.2) is 0 Å². The van der Waals surface area contributed by atoms with E-state index in [0.717, 1.165) is 16.0 Å². The van der Waals surface area contributed by atoms with E-state index in [4.69, 9.17) is 11.5 Å². The molecule has 0 aliphatic carbocycles. The van der Waals surface area contributed by atoms with Gasteiger partial charge < -0.3 is 11.5 Å². The van der Waals surface area contributed by atoms with Crippen molar-refractivity contribution in [1.82, 2.24) is 19.9 Å². The van der Waals surface area contributed by atoms with Crippen molar-refractivity contribution in [3.8, 4) is 22.4 Å². The van der Waals surface area contributed by atoms with Crippen LogP contribution in [-0.4, -0.2) is 19.9 Å². The van der Waals surface area contributed by atoms with E-state index in [1.807, 2.05) is 30.3 Å². The highest BCUT2D eigenvalue weighted by molar-refractivity contribution is 7.99. The van der Waals surface area contributed by atoms with Gasteiger partial charge in [0, 0.05) is 16.5 Å². The minimum absolute atomic E-state index is 0. The number of nitrogens with two attached hydrogens (primary N) is 2. The zero-order valence-corrected chi connectivity index (χ0v) is 16.6. The molecule has 9 heteroatoms. The first-order chi connectivity index (χ1) is 13.6. The third-order valence-electron chi connectivity index (χ3n) is 3.99. The molecule has 0 aliphatic rings. The zero-order chi connectivity index (χ0) is 19.5. The third-order valence-corrected chi connectivity index (χ3v) is 5.00. The van der Waals surface area contributed by atoms with Gasteiger partial charge in [-0.15, -0.1) is 12.4 Å². The first kappa shape index (κ1) is 20.5. The lowest BCUT2D eigenvalue weighted by Gasteiger charge is -2.11. The van der Waals surface area contributed by atoms with Crippen LogP contribution in [0.1, 0.15) is 0 Å². The van der Waals surface area contributed by atoms with Crippen molar-refractivity contribution in [1.29, 1.82) is 0 Å². The summed E-state index contributed by atoms with van der Waals surface area (Å²) in [6, 6.07) is 14.4. The number of hydrogen-bond acceptors (Lipinski definition) is 7. The number of benzene rings is 2. The van der Waals surface area contributed by atoms with E-state index >= 15 is 0 Å². The molecule has 29 heavy (non-hydrogen) atoms. The Morgan fingerprint density at radius 2 is 1.62 bits per heavy atom. The molecule has 2 heterocycles. The fourth-order valence-electron chi connectivity index (χ4n) is 2.68. The van der Waals surface area contributed by atoms with Crippen LogP contribution < -0.4 is 11.5 Å². The summed E-state index contributed by atoms with van der Waals surface area (Å²) >= 11 is 1.44. The van der Waals surface area contributed by atoms with Crippen LogP contribution in [0, 0.1) is 5.82 Å². The average Bonchev–Trinajstić information content (AvgIpc) is 2.69. The Bertz CT molecular complexity index is 1140.